The Morgan fingerprint density at radius 2 is 1.87 bits per heavy atom. The fourth-order valence-corrected chi connectivity index (χ4v) is 4.20. The zero-order chi connectivity index (χ0) is 20.9. The zero-order valence-corrected chi connectivity index (χ0v) is 17.5. The first-order valence-electron chi connectivity index (χ1n) is 10.6. The highest BCUT2D eigenvalue weighted by Crippen LogP contribution is 2.23. The molecule has 0 radical (unpaired) electrons. The van der Waals surface area contributed by atoms with E-state index in [1.54, 1.807) is 4.90 Å². The molecule has 30 heavy (non-hydrogen) atoms. The van der Waals surface area contributed by atoms with E-state index in [2.05, 4.69) is 17.0 Å². The Hall–Kier alpha value is -2.86. The quantitative estimate of drug-likeness (QED) is 0.739. The van der Waals surface area contributed by atoms with Crippen molar-refractivity contribution in [1.29, 1.82) is 0 Å². The third kappa shape index (κ3) is 4.65. The van der Waals surface area contributed by atoms with Crippen molar-refractivity contribution in [2.75, 3.05) is 44.8 Å². The number of para-hydroxylation sites is 1. The standard InChI is InChI=1S/C24H29N3O3/c1-25(18-21-7-2-3-9-22(21)26-12-14-30-15-13-26)24(29)20-8-4-6-19(16-20)17-27-11-5-10-23(27)28/h2-4,6-9,16H,5,10-15,17-18H2,1H3. The second kappa shape index (κ2) is 9.30. The van der Waals surface area contributed by atoms with Gasteiger partial charge in [0.05, 0.1) is 13.2 Å². The largest absolute Gasteiger partial charge is 0.378 e. The van der Waals surface area contributed by atoms with E-state index in [0.717, 1.165) is 50.4 Å². The molecule has 2 aromatic carbocycles. The van der Waals surface area contributed by atoms with Gasteiger partial charge in [0.25, 0.3) is 5.91 Å². The lowest BCUT2D eigenvalue weighted by Gasteiger charge is -2.31. The van der Waals surface area contributed by atoms with Gasteiger partial charge in [-0.25, -0.2) is 0 Å². The maximum absolute atomic E-state index is 13.1. The van der Waals surface area contributed by atoms with Crippen LogP contribution in [-0.2, 0) is 22.6 Å². The van der Waals surface area contributed by atoms with Gasteiger partial charge in [0, 0.05) is 57.4 Å². The molecule has 2 fully saturated rings. The molecule has 0 saturated carbocycles. The van der Waals surface area contributed by atoms with Crippen molar-refractivity contribution in [1.82, 2.24) is 9.80 Å². The minimum Gasteiger partial charge on any atom is -0.378 e. The minimum absolute atomic E-state index is 0.0126. The average molecular weight is 408 g/mol. The van der Waals surface area contributed by atoms with Crippen molar-refractivity contribution in [3.05, 3.63) is 65.2 Å². The van der Waals surface area contributed by atoms with Gasteiger partial charge in [-0.15, -0.1) is 0 Å². The fourth-order valence-electron chi connectivity index (χ4n) is 4.20. The normalized spacial score (nSPS) is 16.8. The maximum atomic E-state index is 13.1. The van der Waals surface area contributed by atoms with Gasteiger partial charge in [-0.1, -0.05) is 30.3 Å². The van der Waals surface area contributed by atoms with E-state index in [1.807, 2.05) is 48.3 Å². The summed E-state index contributed by atoms with van der Waals surface area (Å²) in [5.41, 5.74) is 3.96. The van der Waals surface area contributed by atoms with Crippen molar-refractivity contribution < 1.29 is 14.3 Å². The molecule has 2 amide bonds. The Balaban J connectivity index is 1.45. The number of likely N-dealkylation sites (tertiary alicyclic amines) is 1. The molecule has 2 saturated heterocycles. The van der Waals surface area contributed by atoms with Crippen LogP contribution in [0, 0.1) is 0 Å². The zero-order valence-electron chi connectivity index (χ0n) is 17.5. The van der Waals surface area contributed by atoms with Gasteiger partial charge in [0.2, 0.25) is 5.91 Å². The summed E-state index contributed by atoms with van der Waals surface area (Å²) in [6.45, 7) is 5.11. The lowest BCUT2D eigenvalue weighted by atomic mass is 10.1. The molecule has 0 spiro atoms. The Morgan fingerprint density at radius 3 is 2.63 bits per heavy atom. The van der Waals surface area contributed by atoms with Crippen LogP contribution < -0.4 is 4.90 Å². The summed E-state index contributed by atoms with van der Waals surface area (Å²) in [5.74, 6) is 0.185. The molecule has 0 unspecified atom stereocenters. The molecule has 4 rings (SSSR count). The molecule has 2 aromatic rings. The van der Waals surface area contributed by atoms with E-state index in [9.17, 15) is 9.59 Å². The number of nitrogens with zero attached hydrogens (tertiary/aromatic N) is 3. The van der Waals surface area contributed by atoms with Crippen LogP contribution in [0.1, 0.15) is 34.3 Å². The molecule has 158 valence electrons. The maximum Gasteiger partial charge on any atom is 0.253 e. The Kier molecular flexibility index (Phi) is 6.33. The van der Waals surface area contributed by atoms with Crippen molar-refractivity contribution in [3.63, 3.8) is 0 Å². The van der Waals surface area contributed by atoms with Crippen LogP contribution in [0.5, 0.6) is 0 Å². The molecule has 6 heteroatoms. The molecular formula is C24H29N3O3. The van der Waals surface area contributed by atoms with Crippen LogP contribution in [0.25, 0.3) is 0 Å². The van der Waals surface area contributed by atoms with Crippen LogP contribution in [0.3, 0.4) is 0 Å². The first-order valence-corrected chi connectivity index (χ1v) is 10.6. The summed E-state index contributed by atoms with van der Waals surface area (Å²) in [4.78, 5) is 31.0. The molecule has 0 bridgehead atoms. The number of amides is 2. The number of carbonyl (C=O) groups excluding carboxylic acids is 2. The third-order valence-electron chi connectivity index (χ3n) is 5.82. The molecule has 2 heterocycles. The van der Waals surface area contributed by atoms with E-state index in [4.69, 9.17) is 4.74 Å². The second-order valence-corrected chi connectivity index (χ2v) is 8.01. The number of rotatable bonds is 6. The summed E-state index contributed by atoms with van der Waals surface area (Å²) in [6, 6.07) is 15.9. The molecule has 0 aliphatic carbocycles. The molecule has 2 aliphatic heterocycles. The van der Waals surface area contributed by atoms with E-state index < -0.39 is 0 Å². The summed E-state index contributed by atoms with van der Waals surface area (Å²) in [5, 5.41) is 0. The highest BCUT2D eigenvalue weighted by atomic mass is 16.5. The monoisotopic (exact) mass is 407 g/mol. The van der Waals surface area contributed by atoms with Crippen LogP contribution in [0.4, 0.5) is 5.69 Å². The van der Waals surface area contributed by atoms with Crippen molar-refractivity contribution in [3.8, 4) is 0 Å². The summed E-state index contributed by atoms with van der Waals surface area (Å²) in [7, 11) is 1.84. The van der Waals surface area contributed by atoms with Crippen LogP contribution >= 0.6 is 0 Å². The molecule has 6 nitrogen and oxygen atoms in total. The van der Waals surface area contributed by atoms with E-state index in [1.165, 1.54) is 5.69 Å². The number of morpholine rings is 1. The van der Waals surface area contributed by atoms with Gasteiger partial charge in [0.1, 0.15) is 0 Å². The number of ether oxygens (including phenoxy) is 1. The molecular weight excluding hydrogens is 378 g/mol. The smallest absolute Gasteiger partial charge is 0.253 e. The summed E-state index contributed by atoms with van der Waals surface area (Å²) >= 11 is 0. The minimum atomic E-state index is -0.0126. The predicted octanol–water partition coefficient (Wildman–Crippen LogP) is 2.92. The topological polar surface area (TPSA) is 53.1 Å². The van der Waals surface area contributed by atoms with E-state index in [-0.39, 0.29) is 11.8 Å². The Bertz CT molecular complexity index is 908. The lowest BCUT2D eigenvalue weighted by Crippen LogP contribution is -2.37. The van der Waals surface area contributed by atoms with Crippen molar-refractivity contribution >= 4 is 17.5 Å². The third-order valence-corrected chi connectivity index (χ3v) is 5.82. The van der Waals surface area contributed by atoms with Crippen molar-refractivity contribution in [2.24, 2.45) is 0 Å². The number of anilines is 1. The van der Waals surface area contributed by atoms with Gasteiger partial charge in [-0.05, 0) is 35.7 Å². The van der Waals surface area contributed by atoms with E-state index >= 15 is 0 Å². The molecule has 0 atom stereocenters. The van der Waals surface area contributed by atoms with Crippen molar-refractivity contribution in [2.45, 2.75) is 25.9 Å². The second-order valence-electron chi connectivity index (χ2n) is 8.01. The van der Waals surface area contributed by atoms with Gasteiger partial charge in [0.15, 0.2) is 0 Å². The van der Waals surface area contributed by atoms with Gasteiger partial charge in [-0.2, -0.15) is 0 Å². The predicted molar refractivity (Wildman–Crippen MR) is 116 cm³/mol. The van der Waals surface area contributed by atoms with Gasteiger partial charge < -0.3 is 19.4 Å². The Labute approximate surface area is 178 Å². The molecule has 0 aromatic heterocycles. The average Bonchev–Trinajstić information content (AvgIpc) is 3.18. The number of carbonyl (C=O) groups is 2. The number of hydrogen-bond donors (Lipinski definition) is 0. The van der Waals surface area contributed by atoms with E-state index in [0.29, 0.717) is 25.1 Å². The van der Waals surface area contributed by atoms with Crippen LogP contribution in [0.15, 0.2) is 48.5 Å². The highest BCUT2D eigenvalue weighted by molar-refractivity contribution is 5.94. The molecule has 0 N–H and O–H groups in total. The summed E-state index contributed by atoms with van der Waals surface area (Å²) < 4.78 is 5.47. The highest BCUT2D eigenvalue weighted by Gasteiger charge is 2.21. The van der Waals surface area contributed by atoms with Crippen LogP contribution in [-0.4, -0.2) is 61.5 Å². The number of hydrogen-bond acceptors (Lipinski definition) is 4. The van der Waals surface area contributed by atoms with Crippen LogP contribution in [0.2, 0.25) is 0 Å². The first kappa shape index (κ1) is 20.4. The SMILES string of the molecule is CN(Cc1ccccc1N1CCOCC1)C(=O)c1cccc(CN2CCCC2=O)c1. The first-order chi connectivity index (χ1) is 14.6. The number of benzene rings is 2. The lowest BCUT2D eigenvalue weighted by molar-refractivity contribution is -0.128. The van der Waals surface area contributed by atoms with Gasteiger partial charge in [-0.3, -0.25) is 9.59 Å². The Morgan fingerprint density at radius 1 is 1.07 bits per heavy atom. The van der Waals surface area contributed by atoms with Gasteiger partial charge >= 0.3 is 0 Å². The fraction of sp³-hybridized carbons (Fsp3) is 0.417. The summed E-state index contributed by atoms with van der Waals surface area (Å²) in [6.07, 6.45) is 1.55. The molecule has 2 aliphatic rings.